The lowest BCUT2D eigenvalue weighted by atomic mass is 10.1. The number of para-hydroxylation sites is 1. The SMILES string of the molecule is Cn1cc(Oc2cccc(C(=O)O)c2N)cn1. The molecule has 0 aliphatic carbocycles. The molecule has 88 valence electrons. The minimum atomic E-state index is -1.08. The van der Waals surface area contributed by atoms with Crippen LogP contribution in [0.2, 0.25) is 0 Å². The lowest BCUT2D eigenvalue weighted by Gasteiger charge is -2.08. The largest absolute Gasteiger partial charge is 0.478 e. The van der Waals surface area contributed by atoms with Gasteiger partial charge in [-0.05, 0) is 12.1 Å². The molecule has 0 bridgehead atoms. The lowest BCUT2D eigenvalue weighted by Crippen LogP contribution is -2.03. The van der Waals surface area contributed by atoms with Crippen LogP contribution in [0.1, 0.15) is 10.4 Å². The number of carboxylic acids is 1. The van der Waals surface area contributed by atoms with Crippen LogP contribution < -0.4 is 10.5 Å². The second-order valence-electron chi connectivity index (χ2n) is 3.47. The van der Waals surface area contributed by atoms with Crippen molar-refractivity contribution < 1.29 is 14.6 Å². The van der Waals surface area contributed by atoms with Crippen molar-refractivity contribution in [2.24, 2.45) is 7.05 Å². The van der Waals surface area contributed by atoms with Crippen LogP contribution in [0, 0.1) is 0 Å². The van der Waals surface area contributed by atoms with Crippen LogP contribution in [0.15, 0.2) is 30.6 Å². The second-order valence-corrected chi connectivity index (χ2v) is 3.47. The van der Waals surface area contributed by atoms with E-state index < -0.39 is 5.97 Å². The summed E-state index contributed by atoms with van der Waals surface area (Å²) >= 11 is 0. The number of aromatic nitrogens is 2. The maximum Gasteiger partial charge on any atom is 0.337 e. The number of anilines is 1. The molecule has 2 rings (SSSR count). The Morgan fingerprint density at radius 3 is 2.88 bits per heavy atom. The van der Waals surface area contributed by atoms with Crippen molar-refractivity contribution >= 4 is 11.7 Å². The van der Waals surface area contributed by atoms with E-state index in [-0.39, 0.29) is 11.3 Å². The zero-order valence-electron chi connectivity index (χ0n) is 9.12. The Hall–Kier alpha value is -2.50. The molecule has 6 nitrogen and oxygen atoms in total. The summed E-state index contributed by atoms with van der Waals surface area (Å²) in [5.41, 5.74) is 5.83. The number of hydrogen-bond donors (Lipinski definition) is 2. The summed E-state index contributed by atoms with van der Waals surface area (Å²) in [6, 6.07) is 4.61. The summed E-state index contributed by atoms with van der Waals surface area (Å²) in [4.78, 5) is 10.9. The first kappa shape index (κ1) is 11.0. The molecule has 0 unspecified atom stereocenters. The molecule has 1 heterocycles. The van der Waals surface area contributed by atoms with Crippen molar-refractivity contribution in [3.8, 4) is 11.5 Å². The van der Waals surface area contributed by atoms with E-state index in [1.807, 2.05) is 0 Å². The van der Waals surface area contributed by atoms with Crippen LogP contribution >= 0.6 is 0 Å². The Morgan fingerprint density at radius 2 is 2.29 bits per heavy atom. The van der Waals surface area contributed by atoms with E-state index in [4.69, 9.17) is 15.6 Å². The first-order chi connectivity index (χ1) is 8.08. The van der Waals surface area contributed by atoms with Crippen molar-refractivity contribution in [1.29, 1.82) is 0 Å². The van der Waals surface area contributed by atoms with Gasteiger partial charge in [0.1, 0.15) is 0 Å². The summed E-state index contributed by atoms with van der Waals surface area (Å²) in [5.74, 6) is -0.279. The standard InChI is InChI=1S/C11H11N3O3/c1-14-6-7(5-13-14)17-9-4-2-3-8(10(9)12)11(15)16/h2-6H,12H2,1H3,(H,15,16). The fraction of sp³-hybridized carbons (Fsp3) is 0.0909. The topological polar surface area (TPSA) is 90.4 Å². The molecule has 0 aliphatic rings. The summed E-state index contributed by atoms with van der Waals surface area (Å²) in [6.07, 6.45) is 3.18. The summed E-state index contributed by atoms with van der Waals surface area (Å²) < 4.78 is 7.03. The number of ether oxygens (including phenoxy) is 1. The van der Waals surface area contributed by atoms with Gasteiger partial charge in [0, 0.05) is 7.05 Å². The predicted molar refractivity (Wildman–Crippen MR) is 61.1 cm³/mol. The van der Waals surface area contributed by atoms with Gasteiger partial charge in [0.15, 0.2) is 11.5 Å². The molecule has 1 aromatic heterocycles. The number of hydrogen-bond acceptors (Lipinski definition) is 4. The molecule has 0 aliphatic heterocycles. The van der Waals surface area contributed by atoms with E-state index in [0.717, 1.165) is 0 Å². The highest BCUT2D eigenvalue weighted by Gasteiger charge is 2.12. The highest BCUT2D eigenvalue weighted by Crippen LogP contribution is 2.29. The Balaban J connectivity index is 2.33. The molecule has 0 saturated heterocycles. The summed E-state index contributed by atoms with van der Waals surface area (Å²) in [6.45, 7) is 0. The molecule has 0 radical (unpaired) electrons. The summed E-state index contributed by atoms with van der Waals surface area (Å²) in [5, 5.41) is 12.8. The average molecular weight is 233 g/mol. The molecular formula is C11H11N3O3. The van der Waals surface area contributed by atoms with Gasteiger partial charge in [-0.15, -0.1) is 0 Å². The van der Waals surface area contributed by atoms with Gasteiger partial charge < -0.3 is 15.6 Å². The molecule has 17 heavy (non-hydrogen) atoms. The number of rotatable bonds is 3. The van der Waals surface area contributed by atoms with E-state index >= 15 is 0 Å². The zero-order chi connectivity index (χ0) is 12.4. The maximum atomic E-state index is 10.9. The maximum absolute atomic E-state index is 10.9. The third-order valence-electron chi connectivity index (χ3n) is 2.21. The Labute approximate surface area is 97.2 Å². The van der Waals surface area contributed by atoms with Gasteiger partial charge >= 0.3 is 5.97 Å². The van der Waals surface area contributed by atoms with E-state index in [9.17, 15) is 4.79 Å². The summed E-state index contributed by atoms with van der Waals surface area (Å²) in [7, 11) is 1.75. The average Bonchev–Trinajstić information content (AvgIpc) is 2.67. The van der Waals surface area contributed by atoms with Gasteiger partial charge in [-0.25, -0.2) is 4.79 Å². The molecule has 0 spiro atoms. The van der Waals surface area contributed by atoms with Crippen molar-refractivity contribution in [3.05, 3.63) is 36.2 Å². The van der Waals surface area contributed by atoms with Crippen LogP contribution in [-0.2, 0) is 7.05 Å². The van der Waals surface area contributed by atoms with E-state index in [1.165, 1.54) is 12.3 Å². The van der Waals surface area contributed by atoms with Crippen LogP contribution in [0.3, 0.4) is 0 Å². The minimum absolute atomic E-state index is 0.0198. The van der Waals surface area contributed by atoms with Gasteiger partial charge in [0.05, 0.1) is 23.6 Å². The molecule has 1 aromatic carbocycles. The fourth-order valence-corrected chi connectivity index (χ4v) is 1.40. The van der Waals surface area contributed by atoms with Crippen LogP contribution in [-0.4, -0.2) is 20.9 Å². The molecule has 0 atom stereocenters. The van der Waals surface area contributed by atoms with Crippen molar-refractivity contribution in [2.45, 2.75) is 0 Å². The number of aromatic carboxylic acids is 1. The van der Waals surface area contributed by atoms with Gasteiger partial charge in [-0.1, -0.05) is 6.07 Å². The van der Waals surface area contributed by atoms with Gasteiger partial charge in [0.2, 0.25) is 0 Å². The predicted octanol–water partition coefficient (Wildman–Crippen LogP) is 1.49. The van der Waals surface area contributed by atoms with Crippen LogP contribution in [0.4, 0.5) is 5.69 Å². The van der Waals surface area contributed by atoms with Crippen LogP contribution in [0.25, 0.3) is 0 Å². The van der Waals surface area contributed by atoms with E-state index in [2.05, 4.69) is 5.10 Å². The first-order valence-corrected chi connectivity index (χ1v) is 4.86. The van der Waals surface area contributed by atoms with Gasteiger partial charge in [-0.2, -0.15) is 5.10 Å². The van der Waals surface area contributed by atoms with Crippen LogP contribution in [0.5, 0.6) is 11.5 Å². The van der Waals surface area contributed by atoms with Crippen molar-refractivity contribution in [3.63, 3.8) is 0 Å². The zero-order valence-corrected chi connectivity index (χ0v) is 9.12. The van der Waals surface area contributed by atoms with E-state index in [1.54, 1.807) is 30.1 Å². The smallest absolute Gasteiger partial charge is 0.337 e. The number of benzene rings is 1. The van der Waals surface area contributed by atoms with Gasteiger partial charge in [0.25, 0.3) is 0 Å². The van der Waals surface area contributed by atoms with Crippen molar-refractivity contribution in [1.82, 2.24) is 9.78 Å². The second kappa shape index (κ2) is 4.17. The Bertz CT molecular complexity index is 563. The monoisotopic (exact) mass is 233 g/mol. The number of carboxylic acid groups (broad SMARTS) is 1. The Morgan fingerprint density at radius 1 is 1.53 bits per heavy atom. The lowest BCUT2D eigenvalue weighted by molar-refractivity contribution is 0.0697. The normalized spacial score (nSPS) is 10.2. The van der Waals surface area contributed by atoms with Crippen molar-refractivity contribution in [2.75, 3.05) is 5.73 Å². The molecule has 3 N–H and O–H groups in total. The van der Waals surface area contributed by atoms with Gasteiger partial charge in [-0.3, -0.25) is 4.68 Å². The third kappa shape index (κ3) is 2.20. The number of nitrogens with two attached hydrogens (primary N) is 1. The molecule has 0 fully saturated rings. The molecule has 0 amide bonds. The fourth-order valence-electron chi connectivity index (χ4n) is 1.40. The first-order valence-electron chi connectivity index (χ1n) is 4.86. The highest BCUT2D eigenvalue weighted by atomic mass is 16.5. The minimum Gasteiger partial charge on any atom is -0.478 e. The number of aryl methyl sites for hydroxylation is 1. The molecule has 0 saturated carbocycles. The Kier molecular flexibility index (Phi) is 2.70. The quantitative estimate of drug-likeness (QED) is 0.784. The number of nitrogens with zero attached hydrogens (tertiary/aromatic N) is 2. The number of nitrogen functional groups attached to an aromatic ring is 1. The third-order valence-corrected chi connectivity index (χ3v) is 2.21. The molecular weight excluding hydrogens is 222 g/mol. The molecule has 2 aromatic rings. The number of carbonyl (C=O) groups is 1. The van der Waals surface area contributed by atoms with E-state index in [0.29, 0.717) is 11.5 Å². The molecule has 6 heteroatoms. The highest BCUT2D eigenvalue weighted by molar-refractivity contribution is 5.95.